The maximum atomic E-state index is 12.0. The monoisotopic (exact) mass is 440 g/mol. The van der Waals surface area contributed by atoms with Gasteiger partial charge in [0.15, 0.2) is 9.74 Å². The Balaban J connectivity index is 1.66. The number of fused-ring (bicyclic) bond motifs is 2. The van der Waals surface area contributed by atoms with E-state index in [0.717, 1.165) is 22.3 Å². The van der Waals surface area contributed by atoms with Crippen LogP contribution in [0.5, 0.6) is 0 Å². The van der Waals surface area contributed by atoms with E-state index in [1.54, 1.807) is 26.4 Å². The number of methoxy groups -OCH3 is 2. The summed E-state index contributed by atoms with van der Waals surface area (Å²) in [5.41, 5.74) is 3.84. The number of rotatable bonds is 7. The van der Waals surface area contributed by atoms with Crippen molar-refractivity contribution in [3.63, 3.8) is 0 Å². The van der Waals surface area contributed by atoms with Gasteiger partial charge in [-0.25, -0.2) is 0 Å². The molecule has 2 aromatic rings. The average molecular weight is 441 g/mol. The largest absolute Gasteiger partial charge is 0.496 e. The summed E-state index contributed by atoms with van der Waals surface area (Å²) in [5.74, 6) is 1.19. The molecule has 0 amide bonds. The highest BCUT2D eigenvalue weighted by molar-refractivity contribution is 8.77. The molecule has 0 aliphatic heterocycles. The van der Waals surface area contributed by atoms with Gasteiger partial charge < -0.3 is 9.47 Å². The Kier molecular flexibility index (Phi) is 5.71. The zero-order chi connectivity index (χ0) is 21.2. The van der Waals surface area contributed by atoms with Crippen LogP contribution in [0.4, 0.5) is 0 Å². The lowest BCUT2D eigenvalue weighted by atomic mass is 9.92. The maximum Gasteiger partial charge on any atom is 0.183 e. The lowest BCUT2D eigenvalue weighted by Crippen LogP contribution is -2.30. The second-order valence-corrected chi connectivity index (χ2v) is 9.88. The summed E-state index contributed by atoms with van der Waals surface area (Å²) in [6, 6.07) is 15.5. The van der Waals surface area contributed by atoms with E-state index in [1.807, 2.05) is 48.5 Å². The molecule has 0 saturated heterocycles. The van der Waals surface area contributed by atoms with Gasteiger partial charge in [-0.15, -0.1) is 9.81 Å². The summed E-state index contributed by atoms with van der Waals surface area (Å²) in [5, 5.41) is 6.90. The normalized spacial score (nSPS) is 24.6. The molecule has 0 radical (unpaired) electrons. The smallest absolute Gasteiger partial charge is 0.183 e. The van der Waals surface area contributed by atoms with Crippen molar-refractivity contribution in [2.24, 2.45) is 10.4 Å². The number of nitrogens with zero attached hydrogens (tertiary/aromatic N) is 2. The van der Waals surface area contributed by atoms with Crippen LogP contribution in [0.3, 0.4) is 0 Å². The second-order valence-electron chi connectivity index (χ2n) is 7.13. The van der Waals surface area contributed by atoms with Crippen molar-refractivity contribution in [1.82, 2.24) is 0 Å². The second kappa shape index (κ2) is 8.28. The van der Waals surface area contributed by atoms with Crippen molar-refractivity contribution >= 4 is 33.1 Å². The maximum absolute atomic E-state index is 12.0. The Bertz CT molecular complexity index is 971. The van der Waals surface area contributed by atoms with Gasteiger partial charge in [-0.05, 0) is 21.5 Å². The molecule has 0 fully saturated rings. The van der Waals surface area contributed by atoms with Crippen molar-refractivity contribution in [3.8, 4) is 0 Å². The highest BCUT2D eigenvalue weighted by atomic mass is 33.1. The molecule has 4 rings (SSSR count). The first-order valence-corrected chi connectivity index (χ1v) is 11.5. The fourth-order valence-electron chi connectivity index (χ4n) is 3.78. The molecule has 154 valence electrons. The third-order valence-corrected chi connectivity index (χ3v) is 8.56. The molecule has 2 aromatic carbocycles. The fourth-order valence-corrected chi connectivity index (χ4v) is 6.56. The number of ether oxygens (including phenoxy) is 2. The predicted molar refractivity (Wildman–Crippen MR) is 122 cm³/mol. The van der Waals surface area contributed by atoms with Gasteiger partial charge in [0.1, 0.15) is 11.5 Å². The molecule has 30 heavy (non-hydrogen) atoms. The van der Waals surface area contributed by atoms with E-state index in [9.17, 15) is 9.81 Å². The van der Waals surface area contributed by atoms with Gasteiger partial charge in [0.2, 0.25) is 0 Å². The number of benzene rings is 2. The highest BCUT2D eigenvalue weighted by Gasteiger charge is 2.43. The molecule has 0 saturated carbocycles. The average Bonchev–Trinajstić information content (AvgIpc) is 2.81. The quantitative estimate of drug-likeness (QED) is 0.401. The minimum atomic E-state index is -1.11. The van der Waals surface area contributed by atoms with Crippen LogP contribution in [0.25, 0.3) is 11.5 Å². The van der Waals surface area contributed by atoms with Crippen molar-refractivity contribution < 1.29 is 9.47 Å². The van der Waals surface area contributed by atoms with E-state index < -0.39 is 9.74 Å². The Morgan fingerprint density at radius 3 is 1.50 bits per heavy atom. The SMILES string of the molecule is COC1=CC(N=O)(SSC2(N=O)C=C(OC)c3ccccc3C2)Cc2ccccc21. The van der Waals surface area contributed by atoms with Gasteiger partial charge in [0, 0.05) is 36.1 Å². The first-order chi connectivity index (χ1) is 14.6. The van der Waals surface area contributed by atoms with E-state index in [-0.39, 0.29) is 0 Å². The standard InChI is InChI=1S/C22H20N2O4S2/c1-27-19-13-21(23-25,11-15-7-3-5-9-17(15)19)29-30-22(24-26)12-16-8-4-6-10-18(16)20(14-22)28-2/h3-10,13-14H,11-12H2,1-2H3. The summed E-state index contributed by atoms with van der Waals surface area (Å²) < 4.78 is 11.0. The Morgan fingerprint density at radius 2 is 1.13 bits per heavy atom. The van der Waals surface area contributed by atoms with Crippen LogP contribution in [-0.4, -0.2) is 24.0 Å². The van der Waals surface area contributed by atoms with Gasteiger partial charge >= 0.3 is 0 Å². The van der Waals surface area contributed by atoms with Gasteiger partial charge in [-0.2, -0.15) is 0 Å². The molecule has 0 aromatic heterocycles. The number of hydrogen-bond acceptors (Lipinski definition) is 8. The predicted octanol–water partition coefficient (Wildman–Crippen LogP) is 5.78. The first kappa shape index (κ1) is 20.7. The van der Waals surface area contributed by atoms with Crippen molar-refractivity contribution in [2.45, 2.75) is 22.6 Å². The summed E-state index contributed by atoms with van der Waals surface area (Å²) in [6.07, 6.45) is 4.28. The van der Waals surface area contributed by atoms with Crippen molar-refractivity contribution in [1.29, 1.82) is 0 Å². The minimum absolute atomic E-state index is 0.406. The van der Waals surface area contributed by atoms with Crippen LogP contribution >= 0.6 is 21.6 Å². The topological polar surface area (TPSA) is 77.3 Å². The van der Waals surface area contributed by atoms with Gasteiger partial charge in [-0.3, -0.25) is 0 Å². The third-order valence-electron chi connectivity index (χ3n) is 5.25. The molecule has 2 unspecified atom stereocenters. The van der Waals surface area contributed by atoms with Crippen LogP contribution < -0.4 is 0 Å². The van der Waals surface area contributed by atoms with E-state index in [4.69, 9.17) is 9.47 Å². The lowest BCUT2D eigenvalue weighted by molar-refractivity contribution is 0.364. The van der Waals surface area contributed by atoms with Crippen LogP contribution in [-0.2, 0) is 22.3 Å². The van der Waals surface area contributed by atoms with Gasteiger partial charge in [0.25, 0.3) is 0 Å². The van der Waals surface area contributed by atoms with E-state index >= 15 is 0 Å². The summed E-state index contributed by atoms with van der Waals surface area (Å²) in [4.78, 5) is 21.8. The van der Waals surface area contributed by atoms with E-state index in [0.29, 0.717) is 24.4 Å². The molecular formula is C22H20N2O4S2. The van der Waals surface area contributed by atoms with Crippen molar-refractivity contribution in [2.75, 3.05) is 14.2 Å². The van der Waals surface area contributed by atoms with Gasteiger partial charge in [0.05, 0.1) is 14.2 Å². The molecular weight excluding hydrogens is 420 g/mol. The van der Waals surface area contributed by atoms with Crippen LogP contribution in [0, 0.1) is 9.81 Å². The Labute approximate surface area is 182 Å². The fraction of sp³-hybridized carbons (Fsp3) is 0.273. The minimum Gasteiger partial charge on any atom is -0.496 e. The highest BCUT2D eigenvalue weighted by Crippen LogP contribution is 2.53. The van der Waals surface area contributed by atoms with Crippen LogP contribution in [0.15, 0.2) is 71.0 Å². The molecule has 0 bridgehead atoms. The third kappa shape index (κ3) is 3.65. The zero-order valence-electron chi connectivity index (χ0n) is 16.5. The zero-order valence-corrected chi connectivity index (χ0v) is 18.2. The van der Waals surface area contributed by atoms with E-state index in [1.165, 1.54) is 21.6 Å². The molecule has 2 atom stereocenters. The van der Waals surface area contributed by atoms with Crippen molar-refractivity contribution in [3.05, 3.63) is 92.8 Å². The Hall–Kier alpha value is -2.58. The number of nitroso groups, excluding NO2 is 2. The van der Waals surface area contributed by atoms with Crippen LogP contribution in [0.2, 0.25) is 0 Å². The number of hydrogen-bond donors (Lipinski definition) is 0. The molecule has 2 aliphatic carbocycles. The molecule has 6 nitrogen and oxygen atoms in total. The molecule has 0 N–H and O–H groups in total. The lowest BCUT2D eigenvalue weighted by Gasteiger charge is -2.33. The molecule has 8 heteroatoms. The molecule has 0 heterocycles. The summed E-state index contributed by atoms with van der Waals surface area (Å²) >= 11 is 0. The summed E-state index contributed by atoms with van der Waals surface area (Å²) in [6.45, 7) is 0. The molecule has 0 spiro atoms. The summed E-state index contributed by atoms with van der Waals surface area (Å²) in [7, 11) is 5.61. The Morgan fingerprint density at radius 1 is 0.733 bits per heavy atom. The van der Waals surface area contributed by atoms with Crippen LogP contribution in [0.1, 0.15) is 22.3 Å². The van der Waals surface area contributed by atoms with E-state index in [2.05, 4.69) is 10.4 Å². The first-order valence-electron chi connectivity index (χ1n) is 9.34. The molecule has 2 aliphatic rings. The van der Waals surface area contributed by atoms with Gasteiger partial charge in [-0.1, -0.05) is 70.1 Å².